The van der Waals surface area contributed by atoms with Crippen molar-refractivity contribution in [3.63, 3.8) is 0 Å². The van der Waals surface area contributed by atoms with Gasteiger partial charge in [0, 0.05) is 22.9 Å². The van der Waals surface area contributed by atoms with Gasteiger partial charge in [0.1, 0.15) is 12.6 Å². The van der Waals surface area contributed by atoms with Gasteiger partial charge in [-0.15, -0.1) is 0 Å². The van der Waals surface area contributed by atoms with Crippen molar-refractivity contribution in [1.82, 2.24) is 5.32 Å². The highest BCUT2D eigenvalue weighted by Gasteiger charge is 2.29. The Labute approximate surface area is 214 Å². The fourth-order valence-electron chi connectivity index (χ4n) is 4.73. The van der Waals surface area contributed by atoms with Gasteiger partial charge in [-0.1, -0.05) is 103 Å². The van der Waals surface area contributed by atoms with Crippen molar-refractivity contribution >= 4 is 23.7 Å². The molecule has 0 aliphatic heterocycles. The molecule has 0 fully saturated rings. The predicted molar refractivity (Wildman–Crippen MR) is 140 cm³/mol. The van der Waals surface area contributed by atoms with E-state index in [1.54, 1.807) is 0 Å². The Balaban J connectivity index is 1.23. The number of fused-ring (bicyclic) bond motifs is 3. The van der Waals surface area contributed by atoms with E-state index in [4.69, 9.17) is 16.3 Å². The second-order valence-electron chi connectivity index (χ2n) is 8.74. The molecule has 0 saturated carbocycles. The molecule has 36 heavy (non-hydrogen) atoms. The van der Waals surface area contributed by atoms with Crippen LogP contribution in [0.15, 0.2) is 97.1 Å². The predicted octanol–water partition coefficient (Wildman–Crippen LogP) is 6.54. The van der Waals surface area contributed by atoms with E-state index in [1.165, 1.54) is 0 Å². The van der Waals surface area contributed by atoms with Crippen LogP contribution in [-0.2, 0) is 16.0 Å². The molecule has 6 heteroatoms. The van der Waals surface area contributed by atoms with Crippen molar-refractivity contribution in [2.75, 3.05) is 6.61 Å². The molecule has 1 aliphatic carbocycles. The maximum Gasteiger partial charge on any atom is 0.407 e. The minimum atomic E-state index is -1.13. The summed E-state index contributed by atoms with van der Waals surface area (Å²) >= 11 is 6.28. The van der Waals surface area contributed by atoms with E-state index in [1.807, 2.05) is 84.9 Å². The molecular formula is C30H24ClNO4. The van der Waals surface area contributed by atoms with Crippen LogP contribution in [-0.4, -0.2) is 29.8 Å². The van der Waals surface area contributed by atoms with Crippen molar-refractivity contribution in [3.8, 4) is 22.3 Å². The Morgan fingerprint density at radius 1 is 0.806 bits per heavy atom. The summed E-state index contributed by atoms with van der Waals surface area (Å²) in [7, 11) is 0. The SMILES string of the molecule is O=C(NC(Cc1ccc(-c2ccccc2Cl)cc1)C(=O)O)OCC1c2ccccc2-c2ccccc21. The third kappa shape index (κ3) is 4.83. The van der Waals surface area contributed by atoms with Gasteiger partial charge in [0.15, 0.2) is 0 Å². The quantitative estimate of drug-likeness (QED) is 0.304. The molecule has 5 nitrogen and oxygen atoms in total. The standard InChI is InChI=1S/C30H24ClNO4/c31-27-12-6-5-7-21(27)20-15-13-19(14-16-20)17-28(29(33)34)32-30(35)36-18-26-24-10-3-1-8-22(24)23-9-2-4-11-25(23)26/h1-16,26,28H,17-18H2,(H,32,35)(H,33,34). The molecule has 0 aromatic heterocycles. The maximum atomic E-state index is 12.6. The number of aliphatic carboxylic acids is 1. The number of alkyl carbamates (subject to hydrolysis) is 1. The van der Waals surface area contributed by atoms with Gasteiger partial charge in [0.2, 0.25) is 0 Å². The second kappa shape index (κ2) is 10.3. The summed E-state index contributed by atoms with van der Waals surface area (Å²) in [5.41, 5.74) is 7.06. The number of carbonyl (C=O) groups is 2. The summed E-state index contributed by atoms with van der Waals surface area (Å²) < 4.78 is 5.52. The maximum absolute atomic E-state index is 12.6. The summed E-state index contributed by atoms with van der Waals surface area (Å²) in [5, 5.41) is 12.9. The molecule has 0 radical (unpaired) electrons. The zero-order valence-corrected chi connectivity index (χ0v) is 20.1. The molecule has 5 rings (SSSR count). The molecule has 1 aliphatic rings. The average Bonchev–Trinajstić information content (AvgIpc) is 3.21. The first-order valence-electron chi connectivity index (χ1n) is 11.7. The lowest BCUT2D eigenvalue weighted by Gasteiger charge is -2.18. The number of hydrogen-bond donors (Lipinski definition) is 2. The number of benzene rings is 4. The molecule has 1 amide bonds. The van der Waals surface area contributed by atoms with Crippen LogP contribution in [0.3, 0.4) is 0 Å². The van der Waals surface area contributed by atoms with Crippen LogP contribution in [0.5, 0.6) is 0 Å². The van der Waals surface area contributed by atoms with E-state index in [2.05, 4.69) is 17.4 Å². The van der Waals surface area contributed by atoms with Crippen LogP contribution >= 0.6 is 11.6 Å². The molecule has 0 heterocycles. The van der Waals surface area contributed by atoms with Crippen LogP contribution < -0.4 is 5.32 Å². The van der Waals surface area contributed by atoms with Gasteiger partial charge in [-0.2, -0.15) is 0 Å². The molecular weight excluding hydrogens is 474 g/mol. The summed E-state index contributed by atoms with van der Waals surface area (Å²) in [6.07, 6.45) is -0.626. The molecule has 180 valence electrons. The van der Waals surface area contributed by atoms with Crippen LogP contribution in [0.4, 0.5) is 4.79 Å². The minimum absolute atomic E-state index is 0.0937. The van der Waals surface area contributed by atoms with Crippen molar-refractivity contribution < 1.29 is 19.4 Å². The van der Waals surface area contributed by atoms with Crippen molar-refractivity contribution in [2.24, 2.45) is 0 Å². The smallest absolute Gasteiger partial charge is 0.407 e. The van der Waals surface area contributed by atoms with Crippen molar-refractivity contribution in [3.05, 3.63) is 119 Å². The van der Waals surface area contributed by atoms with E-state index in [0.29, 0.717) is 5.02 Å². The number of amides is 1. The van der Waals surface area contributed by atoms with Gasteiger partial charge in [-0.3, -0.25) is 0 Å². The number of ether oxygens (including phenoxy) is 1. The van der Waals surface area contributed by atoms with Gasteiger partial charge in [-0.25, -0.2) is 9.59 Å². The second-order valence-corrected chi connectivity index (χ2v) is 9.15. The van der Waals surface area contributed by atoms with Crippen molar-refractivity contribution in [1.29, 1.82) is 0 Å². The van der Waals surface area contributed by atoms with Crippen LogP contribution in [0.2, 0.25) is 5.02 Å². The summed E-state index contributed by atoms with van der Waals surface area (Å²) in [6.45, 7) is 0.124. The molecule has 4 aromatic rings. The van der Waals surface area contributed by atoms with E-state index < -0.39 is 18.1 Å². The van der Waals surface area contributed by atoms with Gasteiger partial charge < -0.3 is 15.2 Å². The highest BCUT2D eigenvalue weighted by molar-refractivity contribution is 6.33. The van der Waals surface area contributed by atoms with Gasteiger partial charge >= 0.3 is 12.1 Å². The average molecular weight is 498 g/mol. The number of carboxylic acid groups (broad SMARTS) is 1. The number of hydrogen-bond acceptors (Lipinski definition) is 3. The first-order chi connectivity index (χ1) is 17.5. The first-order valence-corrected chi connectivity index (χ1v) is 12.1. The highest BCUT2D eigenvalue weighted by Crippen LogP contribution is 2.44. The number of carboxylic acids is 1. The van der Waals surface area contributed by atoms with E-state index >= 15 is 0 Å². The Kier molecular flexibility index (Phi) is 6.74. The highest BCUT2D eigenvalue weighted by atomic mass is 35.5. The molecule has 0 saturated heterocycles. The van der Waals surface area contributed by atoms with Crippen LogP contribution in [0.1, 0.15) is 22.6 Å². The summed E-state index contributed by atoms with van der Waals surface area (Å²) in [6, 6.07) is 30.0. The van der Waals surface area contributed by atoms with E-state index in [-0.39, 0.29) is 18.9 Å². The minimum Gasteiger partial charge on any atom is -0.480 e. The fourth-order valence-corrected chi connectivity index (χ4v) is 4.98. The zero-order valence-electron chi connectivity index (χ0n) is 19.4. The molecule has 4 aromatic carbocycles. The molecule has 2 N–H and O–H groups in total. The van der Waals surface area contributed by atoms with Crippen molar-refractivity contribution in [2.45, 2.75) is 18.4 Å². The van der Waals surface area contributed by atoms with Gasteiger partial charge in [-0.05, 0) is 39.4 Å². The lowest BCUT2D eigenvalue weighted by molar-refractivity contribution is -0.139. The number of carbonyl (C=O) groups excluding carboxylic acids is 1. The molecule has 1 unspecified atom stereocenters. The Morgan fingerprint density at radius 2 is 1.36 bits per heavy atom. The van der Waals surface area contributed by atoms with E-state index in [9.17, 15) is 14.7 Å². The monoisotopic (exact) mass is 497 g/mol. The van der Waals surface area contributed by atoms with Crippen LogP contribution in [0.25, 0.3) is 22.3 Å². The third-order valence-corrected chi connectivity index (χ3v) is 6.84. The third-order valence-electron chi connectivity index (χ3n) is 6.51. The summed E-state index contributed by atoms with van der Waals surface area (Å²) in [5.74, 6) is -1.22. The molecule has 0 bridgehead atoms. The molecule has 0 spiro atoms. The fraction of sp³-hybridized carbons (Fsp3) is 0.133. The lowest BCUT2D eigenvalue weighted by Crippen LogP contribution is -2.42. The summed E-state index contributed by atoms with van der Waals surface area (Å²) in [4.78, 5) is 24.5. The Bertz CT molecular complexity index is 1370. The number of halogens is 1. The Morgan fingerprint density at radius 3 is 1.94 bits per heavy atom. The molecule has 1 atom stereocenters. The topological polar surface area (TPSA) is 75.6 Å². The zero-order chi connectivity index (χ0) is 25.1. The van der Waals surface area contributed by atoms with Gasteiger partial charge in [0.05, 0.1) is 0 Å². The van der Waals surface area contributed by atoms with Gasteiger partial charge in [0.25, 0.3) is 0 Å². The number of rotatable bonds is 7. The number of nitrogens with one attached hydrogen (secondary N) is 1. The largest absolute Gasteiger partial charge is 0.480 e. The van der Waals surface area contributed by atoms with E-state index in [0.717, 1.165) is 38.9 Å². The lowest BCUT2D eigenvalue weighted by atomic mass is 9.98. The normalized spacial score (nSPS) is 12.9. The Hall–Kier alpha value is -4.09. The van der Waals surface area contributed by atoms with Crippen LogP contribution in [0, 0.1) is 0 Å². The first kappa shape index (κ1) is 23.6.